The quantitative estimate of drug-likeness (QED) is 0.819. The first-order valence-electron chi connectivity index (χ1n) is 8.20. The fraction of sp³-hybridized carbons (Fsp3) is 0.389. The van der Waals surface area contributed by atoms with E-state index in [1.807, 2.05) is 30.0 Å². The molecule has 3 rings (SSSR count). The van der Waals surface area contributed by atoms with E-state index in [1.54, 1.807) is 18.8 Å². The van der Waals surface area contributed by atoms with Gasteiger partial charge in [-0.25, -0.2) is 9.79 Å². The molecule has 2 aliphatic rings. The Morgan fingerprint density at radius 3 is 2.72 bits per heavy atom. The Labute approximate surface area is 152 Å². The summed E-state index contributed by atoms with van der Waals surface area (Å²) in [6.07, 6.45) is 0.446. The van der Waals surface area contributed by atoms with E-state index in [0.29, 0.717) is 6.54 Å². The first-order valence-corrected chi connectivity index (χ1v) is 9.19. The van der Waals surface area contributed by atoms with E-state index in [2.05, 4.69) is 29.0 Å². The minimum absolute atomic E-state index is 0.295. The predicted octanol–water partition coefficient (Wildman–Crippen LogP) is 2.09. The van der Waals surface area contributed by atoms with Crippen molar-refractivity contribution in [1.82, 2.24) is 15.1 Å². The molecule has 0 saturated carbocycles. The topological polar surface area (TPSA) is 65.0 Å². The summed E-state index contributed by atoms with van der Waals surface area (Å²) in [5, 5.41) is 3.20. The molecular formula is C18H22N4O2S. The highest BCUT2D eigenvalue weighted by Crippen LogP contribution is 2.29. The summed E-state index contributed by atoms with van der Waals surface area (Å²) in [6, 6.07) is 9.37. The smallest absolute Gasteiger partial charge is 0.325 e. The normalized spacial score (nSPS) is 22.6. The van der Waals surface area contributed by atoms with Crippen LogP contribution in [0.4, 0.5) is 4.79 Å². The van der Waals surface area contributed by atoms with Crippen molar-refractivity contribution in [2.45, 2.75) is 25.6 Å². The Morgan fingerprint density at radius 2 is 2.04 bits per heavy atom. The van der Waals surface area contributed by atoms with Crippen LogP contribution in [-0.4, -0.2) is 58.5 Å². The molecule has 6 nitrogen and oxygen atoms in total. The molecule has 1 saturated heterocycles. The number of amides is 3. The molecule has 0 bridgehead atoms. The standard InChI is InChI=1S/C18H22N4O2S/c1-12(2)11-22-14-15(21(3)17(24)20-16(14)23)19-18(22)25-10-9-13-7-5-4-6-8-13/h4-8,14-15H,1,9-11H2,2-3H3,(H,20,23,24). The van der Waals surface area contributed by atoms with Crippen LogP contribution in [0.1, 0.15) is 12.5 Å². The highest BCUT2D eigenvalue weighted by molar-refractivity contribution is 8.13. The maximum absolute atomic E-state index is 12.4. The molecule has 2 atom stereocenters. The third kappa shape index (κ3) is 3.71. The number of urea groups is 1. The lowest BCUT2D eigenvalue weighted by atomic mass is 10.1. The molecule has 0 radical (unpaired) electrons. The zero-order chi connectivity index (χ0) is 18.0. The molecular weight excluding hydrogens is 336 g/mol. The third-order valence-electron chi connectivity index (χ3n) is 4.23. The number of fused-ring (bicyclic) bond motifs is 1. The molecule has 7 heteroatoms. The average molecular weight is 358 g/mol. The molecule has 0 aromatic heterocycles. The Morgan fingerprint density at radius 1 is 1.32 bits per heavy atom. The number of hydrogen-bond acceptors (Lipinski definition) is 5. The van der Waals surface area contributed by atoms with E-state index < -0.39 is 18.2 Å². The summed E-state index contributed by atoms with van der Waals surface area (Å²) >= 11 is 1.62. The van der Waals surface area contributed by atoms with Crippen LogP contribution >= 0.6 is 11.8 Å². The lowest BCUT2D eigenvalue weighted by Crippen LogP contribution is -2.63. The Bertz CT molecular complexity index is 719. The Hall–Kier alpha value is -2.28. The van der Waals surface area contributed by atoms with Crippen LogP contribution < -0.4 is 5.32 Å². The van der Waals surface area contributed by atoms with Gasteiger partial charge in [0.15, 0.2) is 17.4 Å². The molecule has 3 amide bonds. The summed E-state index contributed by atoms with van der Waals surface area (Å²) < 4.78 is 0. The number of imide groups is 1. The number of nitrogens with zero attached hydrogens (tertiary/aromatic N) is 3. The van der Waals surface area contributed by atoms with Crippen molar-refractivity contribution in [3.63, 3.8) is 0 Å². The van der Waals surface area contributed by atoms with Crippen LogP contribution in [-0.2, 0) is 11.2 Å². The van der Waals surface area contributed by atoms with E-state index in [0.717, 1.165) is 22.9 Å². The molecule has 1 fully saturated rings. The molecule has 132 valence electrons. The summed E-state index contributed by atoms with van der Waals surface area (Å²) in [4.78, 5) is 32.3. The SMILES string of the molecule is C=C(C)CN1C(SCCc2ccccc2)=NC2C1C(=O)NC(=O)N2C. The van der Waals surface area contributed by atoms with Gasteiger partial charge < -0.3 is 9.80 Å². The maximum Gasteiger partial charge on any atom is 0.325 e. The number of benzene rings is 1. The number of likely N-dealkylation sites (N-methyl/N-ethyl adjacent to an activating group) is 1. The lowest BCUT2D eigenvalue weighted by molar-refractivity contribution is -0.126. The summed E-state index contributed by atoms with van der Waals surface area (Å²) in [6.45, 7) is 6.43. The first kappa shape index (κ1) is 17.5. The molecule has 0 aliphatic carbocycles. The molecule has 1 aromatic rings. The van der Waals surface area contributed by atoms with Gasteiger partial charge in [0.05, 0.1) is 0 Å². The fourth-order valence-corrected chi connectivity index (χ4v) is 4.03. The number of thioether (sulfide) groups is 1. The van der Waals surface area contributed by atoms with E-state index in [4.69, 9.17) is 0 Å². The second kappa shape index (κ2) is 7.31. The van der Waals surface area contributed by atoms with Crippen molar-refractivity contribution in [2.75, 3.05) is 19.3 Å². The molecule has 0 spiro atoms. The maximum atomic E-state index is 12.4. The van der Waals surface area contributed by atoms with Gasteiger partial charge in [-0.3, -0.25) is 10.1 Å². The Kier molecular flexibility index (Phi) is 5.13. The van der Waals surface area contributed by atoms with Gasteiger partial charge in [0.2, 0.25) is 0 Å². The number of aliphatic imine (C=N–C) groups is 1. The second-order valence-electron chi connectivity index (χ2n) is 6.34. The van der Waals surface area contributed by atoms with Crippen LogP contribution in [0.2, 0.25) is 0 Å². The molecule has 2 unspecified atom stereocenters. The number of carbonyl (C=O) groups is 2. The van der Waals surface area contributed by atoms with Crippen LogP contribution in [0.25, 0.3) is 0 Å². The molecule has 25 heavy (non-hydrogen) atoms. The van der Waals surface area contributed by atoms with Gasteiger partial charge in [0, 0.05) is 19.3 Å². The van der Waals surface area contributed by atoms with Crippen molar-refractivity contribution >= 4 is 28.9 Å². The number of amidine groups is 1. The molecule has 2 heterocycles. The number of aryl methyl sites for hydroxylation is 1. The van der Waals surface area contributed by atoms with Gasteiger partial charge >= 0.3 is 6.03 Å². The van der Waals surface area contributed by atoms with Crippen molar-refractivity contribution in [2.24, 2.45) is 4.99 Å². The summed E-state index contributed by atoms with van der Waals surface area (Å²) in [5.74, 6) is 0.561. The van der Waals surface area contributed by atoms with Gasteiger partial charge in [-0.15, -0.1) is 0 Å². The minimum atomic E-state index is -0.487. The Balaban J connectivity index is 1.74. The lowest BCUT2D eigenvalue weighted by Gasteiger charge is -2.36. The summed E-state index contributed by atoms with van der Waals surface area (Å²) in [5.41, 5.74) is 2.21. The second-order valence-corrected chi connectivity index (χ2v) is 7.41. The average Bonchev–Trinajstić information content (AvgIpc) is 2.92. The molecule has 2 aliphatic heterocycles. The zero-order valence-electron chi connectivity index (χ0n) is 14.4. The first-order chi connectivity index (χ1) is 12.0. The van der Waals surface area contributed by atoms with Gasteiger partial charge in [-0.2, -0.15) is 0 Å². The molecule has 1 aromatic carbocycles. The number of nitrogens with one attached hydrogen (secondary N) is 1. The van der Waals surface area contributed by atoms with E-state index >= 15 is 0 Å². The minimum Gasteiger partial charge on any atom is -0.332 e. The number of rotatable bonds is 5. The van der Waals surface area contributed by atoms with Crippen LogP contribution in [0.5, 0.6) is 0 Å². The van der Waals surface area contributed by atoms with E-state index in [9.17, 15) is 9.59 Å². The van der Waals surface area contributed by atoms with Crippen molar-refractivity contribution < 1.29 is 9.59 Å². The van der Waals surface area contributed by atoms with Crippen LogP contribution in [0.15, 0.2) is 47.5 Å². The predicted molar refractivity (Wildman–Crippen MR) is 100 cm³/mol. The highest BCUT2D eigenvalue weighted by atomic mass is 32.2. The molecule has 1 N–H and O–H groups in total. The van der Waals surface area contributed by atoms with Crippen molar-refractivity contribution in [1.29, 1.82) is 0 Å². The highest BCUT2D eigenvalue weighted by Gasteiger charge is 2.48. The van der Waals surface area contributed by atoms with E-state index in [-0.39, 0.29) is 5.91 Å². The largest absolute Gasteiger partial charge is 0.332 e. The fourth-order valence-electron chi connectivity index (χ4n) is 2.98. The van der Waals surface area contributed by atoms with Crippen LogP contribution in [0, 0.1) is 0 Å². The number of carbonyl (C=O) groups excluding carboxylic acids is 2. The van der Waals surface area contributed by atoms with Gasteiger partial charge in [0.1, 0.15) is 0 Å². The van der Waals surface area contributed by atoms with Crippen LogP contribution in [0.3, 0.4) is 0 Å². The number of hydrogen-bond donors (Lipinski definition) is 1. The van der Waals surface area contributed by atoms with E-state index in [1.165, 1.54) is 10.5 Å². The third-order valence-corrected chi connectivity index (χ3v) is 5.23. The van der Waals surface area contributed by atoms with Crippen molar-refractivity contribution in [3.05, 3.63) is 48.0 Å². The van der Waals surface area contributed by atoms with Gasteiger partial charge in [-0.05, 0) is 18.9 Å². The van der Waals surface area contributed by atoms with Gasteiger partial charge in [0.25, 0.3) is 5.91 Å². The van der Waals surface area contributed by atoms with Crippen molar-refractivity contribution in [3.8, 4) is 0 Å². The van der Waals surface area contributed by atoms with Gasteiger partial charge in [-0.1, -0.05) is 54.2 Å². The summed E-state index contributed by atoms with van der Waals surface area (Å²) in [7, 11) is 1.67. The zero-order valence-corrected chi connectivity index (χ0v) is 15.3. The monoisotopic (exact) mass is 358 g/mol.